The van der Waals surface area contributed by atoms with E-state index in [9.17, 15) is 4.79 Å². The van der Waals surface area contributed by atoms with E-state index in [2.05, 4.69) is 177 Å². The lowest BCUT2D eigenvalue weighted by molar-refractivity contribution is 0.0522. The molecule has 4 aromatic heterocycles. The third kappa shape index (κ3) is 9.31. The molecular formula is C53H42Br2N8O2. The second-order valence-corrected chi connectivity index (χ2v) is 17.6. The molecular weight excluding hydrogens is 940 g/mol. The maximum Gasteiger partial charge on any atom is 0.435 e. The second kappa shape index (κ2) is 18.7. The summed E-state index contributed by atoms with van der Waals surface area (Å²) in [6, 6.07) is 61.4. The fourth-order valence-corrected chi connectivity index (χ4v) is 8.52. The van der Waals surface area contributed by atoms with Crippen molar-refractivity contribution in [2.45, 2.75) is 26.4 Å². The highest BCUT2D eigenvalue weighted by Gasteiger charge is 2.21. The molecule has 4 heterocycles. The first-order valence-electron chi connectivity index (χ1n) is 20.9. The van der Waals surface area contributed by atoms with E-state index in [4.69, 9.17) is 4.74 Å². The molecule has 12 heteroatoms. The number of hydrogen-bond acceptors (Lipinski definition) is 6. The van der Waals surface area contributed by atoms with Gasteiger partial charge in [0, 0.05) is 32.7 Å². The van der Waals surface area contributed by atoms with Gasteiger partial charge < -0.3 is 4.74 Å². The zero-order valence-electron chi connectivity index (χ0n) is 35.6. The zero-order valence-corrected chi connectivity index (χ0v) is 38.8. The maximum atomic E-state index is 11.9. The third-order valence-electron chi connectivity index (χ3n) is 10.6. The van der Waals surface area contributed by atoms with Crippen LogP contribution < -0.4 is 0 Å². The number of nitrogens with zero attached hydrogens (tertiary/aromatic N) is 5. The van der Waals surface area contributed by atoms with Gasteiger partial charge in [-0.25, -0.2) is 4.79 Å². The number of carbonyl (C=O) groups excluding carboxylic acids is 1. The van der Waals surface area contributed by atoms with Crippen molar-refractivity contribution >= 4 is 103 Å². The molecule has 0 saturated heterocycles. The molecule has 10 nitrogen and oxygen atoms in total. The number of para-hydroxylation sites is 4. The summed E-state index contributed by atoms with van der Waals surface area (Å²) in [6.07, 6.45) is -0.473. The van der Waals surface area contributed by atoms with Crippen molar-refractivity contribution in [1.29, 1.82) is 0 Å². The summed E-state index contributed by atoms with van der Waals surface area (Å²) < 4.78 is 8.14. The van der Waals surface area contributed by atoms with E-state index in [-0.39, 0.29) is 0 Å². The van der Waals surface area contributed by atoms with Crippen molar-refractivity contribution in [3.05, 3.63) is 191 Å². The fourth-order valence-electron chi connectivity index (χ4n) is 7.60. The number of H-pyrrole nitrogens is 3. The normalized spacial score (nSPS) is 11.2. The molecule has 0 amide bonds. The van der Waals surface area contributed by atoms with Crippen molar-refractivity contribution in [2.75, 3.05) is 0 Å². The molecule has 0 saturated carbocycles. The zero-order chi connectivity index (χ0) is 44.9. The molecule has 65 heavy (non-hydrogen) atoms. The van der Waals surface area contributed by atoms with Crippen molar-refractivity contribution < 1.29 is 9.53 Å². The number of benzene rings is 8. The minimum Gasteiger partial charge on any atom is -0.442 e. The van der Waals surface area contributed by atoms with Gasteiger partial charge in [0.2, 0.25) is 0 Å². The minimum absolute atomic E-state index is 0.473. The van der Waals surface area contributed by atoms with Gasteiger partial charge in [-0.3, -0.25) is 15.3 Å². The van der Waals surface area contributed by atoms with E-state index in [1.807, 2.05) is 93.6 Å². The Bertz CT molecular complexity index is 3440. The Morgan fingerprint density at radius 3 is 1.48 bits per heavy atom. The monoisotopic (exact) mass is 980 g/mol. The average Bonchev–Trinajstić information content (AvgIpc) is 4.13. The van der Waals surface area contributed by atoms with Gasteiger partial charge in [-0.1, -0.05) is 158 Å². The molecule has 0 bridgehead atoms. The minimum atomic E-state index is -0.531. The molecule has 0 aliphatic heterocycles. The van der Waals surface area contributed by atoms with Crippen LogP contribution in [0.1, 0.15) is 20.8 Å². The van der Waals surface area contributed by atoms with Gasteiger partial charge >= 0.3 is 6.09 Å². The summed E-state index contributed by atoms with van der Waals surface area (Å²) >= 11 is 6.67. The Kier molecular flexibility index (Phi) is 12.4. The molecule has 0 aliphatic carbocycles. The van der Waals surface area contributed by atoms with Crippen molar-refractivity contribution in [1.82, 2.24) is 40.4 Å². The van der Waals surface area contributed by atoms with Gasteiger partial charge in [0.05, 0.1) is 22.1 Å². The molecule has 0 fully saturated rings. The van der Waals surface area contributed by atoms with E-state index in [1.54, 1.807) is 0 Å². The molecule has 0 aliphatic rings. The highest BCUT2D eigenvalue weighted by Crippen LogP contribution is 2.33. The SMILES string of the molecule is Brc1[nH]nc2ccccc12.CC(C)(C)OC(=O)n1nc(Br)c2ccccc21.c1ccc2c(-c3n[nH]c4ccccc34)cccc2c1.c1ccc2c(-c3n[nH]c4ccccc34)cccc2c1. The summed E-state index contributed by atoms with van der Waals surface area (Å²) in [5.41, 5.74) is 7.74. The molecule has 0 unspecified atom stereocenters. The predicted octanol–water partition coefficient (Wildman–Crippen LogP) is 14.7. The van der Waals surface area contributed by atoms with Crippen LogP contribution in [0.4, 0.5) is 4.79 Å². The largest absolute Gasteiger partial charge is 0.442 e. The second-order valence-electron chi connectivity index (χ2n) is 16.0. The summed E-state index contributed by atoms with van der Waals surface area (Å²) in [6.45, 7) is 5.48. The summed E-state index contributed by atoms with van der Waals surface area (Å²) in [5.74, 6) is 0. The van der Waals surface area contributed by atoms with Gasteiger partial charge in [0.1, 0.15) is 26.2 Å². The Balaban J connectivity index is 0.000000112. The van der Waals surface area contributed by atoms with Crippen molar-refractivity contribution in [3.63, 3.8) is 0 Å². The van der Waals surface area contributed by atoms with E-state index in [0.29, 0.717) is 4.60 Å². The van der Waals surface area contributed by atoms with Crippen molar-refractivity contribution in [2.24, 2.45) is 0 Å². The quantitative estimate of drug-likeness (QED) is 0.158. The fraction of sp³-hybridized carbons (Fsp3) is 0.0755. The molecule has 3 N–H and O–H groups in total. The van der Waals surface area contributed by atoms with Gasteiger partial charge in [-0.15, -0.1) is 0 Å². The first kappa shape index (κ1) is 42.9. The van der Waals surface area contributed by atoms with Crippen LogP contribution >= 0.6 is 31.9 Å². The highest BCUT2D eigenvalue weighted by atomic mass is 79.9. The summed E-state index contributed by atoms with van der Waals surface area (Å²) in [5, 5.41) is 35.5. The third-order valence-corrected chi connectivity index (χ3v) is 11.7. The first-order chi connectivity index (χ1) is 31.6. The van der Waals surface area contributed by atoms with Crippen LogP contribution in [0.2, 0.25) is 0 Å². The molecule has 0 spiro atoms. The number of halogens is 2. The lowest BCUT2D eigenvalue weighted by atomic mass is 10.0. The smallest absolute Gasteiger partial charge is 0.435 e. The summed E-state index contributed by atoms with van der Waals surface area (Å²) in [4.78, 5) is 11.9. The Morgan fingerprint density at radius 2 is 0.938 bits per heavy atom. The summed E-state index contributed by atoms with van der Waals surface area (Å²) in [7, 11) is 0. The number of nitrogens with one attached hydrogen (secondary N) is 3. The molecule has 320 valence electrons. The van der Waals surface area contributed by atoms with Crippen molar-refractivity contribution in [3.8, 4) is 22.5 Å². The van der Waals surface area contributed by atoms with Crippen LogP contribution in [0.5, 0.6) is 0 Å². The number of aromatic amines is 3. The number of rotatable bonds is 2. The van der Waals surface area contributed by atoms with Gasteiger partial charge in [0.25, 0.3) is 0 Å². The lowest BCUT2D eigenvalue weighted by Gasteiger charge is -2.19. The maximum absolute atomic E-state index is 11.9. The first-order valence-corrected chi connectivity index (χ1v) is 22.5. The van der Waals surface area contributed by atoms with E-state index in [0.717, 1.165) is 48.8 Å². The Morgan fingerprint density at radius 1 is 0.492 bits per heavy atom. The molecule has 0 atom stereocenters. The van der Waals surface area contributed by atoms with Gasteiger partial charge in [-0.05, 0) is 98.4 Å². The highest BCUT2D eigenvalue weighted by molar-refractivity contribution is 9.10. The number of hydrogen-bond donors (Lipinski definition) is 3. The van der Waals surface area contributed by atoms with Crippen LogP contribution in [0, 0.1) is 0 Å². The van der Waals surface area contributed by atoms with Crippen LogP contribution in [0.15, 0.2) is 191 Å². The van der Waals surface area contributed by atoms with Gasteiger partial charge in [-0.2, -0.15) is 25.1 Å². The Labute approximate surface area is 390 Å². The Hall–Kier alpha value is -7.41. The number of fused-ring (bicyclic) bond motifs is 6. The molecule has 0 radical (unpaired) electrons. The topological polar surface area (TPSA) is 130 Å². The molecule has 8 aromatic carbocycles. The number of ether oxygens (including phenoxy) is 1. The standard InChI is InChI=1S/2C17H12N2.C12H13BrN2O2.C7H5BrN2/c2*1-2-8-13-12(6-1)7-5-10-14(13)17-15-9-3-4-11-16(15)18-19-17;1-12(2,3)17-11(16)15-9-7-5-4-6-8(9)10(13)14-15;8-7-5-3-1-2-4-6(5)9-10-7/h2*1-11H,(H,18,19);4-7H,1-3H3;1-4H,(H,9,10). The van der Waals surface area contributed by atoms with Crippen LogP contribution in [0.3, 0.4) is 0 Å². The number of aromatic nitrogens is 8. The van der Waals surface area contributed by atoms with Crippen LogP contribution in [0.25, 0.3) is 87.7 Å². The number of carbonyl (C=O) groups is 1. The predicted molar refractivity (Wildman–Crippen MR) is 271 cm³/mol. The molecule has 12 aromatic rings. The van der Waals surface area contributed by atoms with E-state index < -0.39 is 11.7 Å². The average molecular weight is 983 g/mol. The molecule has 12 rings (SSSR count). The van der Waals surface area contributed by atoms with Crippen LogP contribution in [-0.4, -0.2) is 52.1 Å². The van der Waals surface area contributed by atoms with Gasteiger partial charge in [0.15, 0.2) is 0 Å². The van der Waals surface area contributed by atoms with E-state index in [1.165, 1.54) is 48.1 Å². The van der Waals surface area contributed by atoms with E-state index >= 15 is 0 Å². The van der Waals surface area contributed by atoms with Crippen LogP contribution in [-0.2, 0) is 4.74 Å². The lowest BCUT2D eigenvalue weighted by Crippen LogP contribution is -2.27.